The molecule has 0 unspecified atom stereocenters. The molecule has 2 nitrogen and oxygen atoms in total. The highest BCUT2D eigenvalue weighted by Gasteiger charge is 2.22. The Kier molecular flexibility index (Phi) is 3.79. The van der Waals surface area contributed by atoms with Crippen molar-refractivity contribution in [1.29, 1.82) is 0 Å². The summed E-state index contributed by atoms with van der Waals surface area (Å²) in [6.45, 7) is 1.97. The van der Waals surface area contributed by atoms with Crippen LogP contribution in [0.1, 0.15) is 21.5 Å². The van der Waals surface area contributed by atoms with E-state index in [0.29, 0.717) is 22.2 Å². The van der Waals surface area contributed by atoms with Crippen molar-refractivity contribution in [2.24, 2.45) is 0 Å². The van der Waals surface area contributed by atoms with E-state index in [1.54, 1.807) is 18.2 Å². The van der Waals surface area contributed by atoms with E-state index in [2.05, 4.69) is 17.0 Å². The van der Waals surface area contributed by atoms with Crippen LogP contribution in [-0.2, 0) is 13.1 Å². The highest BCUT2D eigenvalue weighted by Crippen LogP contribution is 2.25. The van der Waals surface area contributed by atoms with Crippen molar-refractivity contribution in [3.63, 3.8) is 0 Å². The first kappa shape index (κ1) is 13.6. The Bertz CT molecular complexity index is 644. The Hall–Kier alpha value is -1.35. The van der Waals surface area contributed by atoms with Crippen LogP contribution in [-0.4, -0.2) is 17.2 Å². The molecular weight excluding hydrogens is 293 g/mol. The lowest BCUT2D eigenvalue weighted by Gasteiger charge is -2.14. The number of fused-ring (bicyclic) bond motifs is 1. The first-order valence-electron chi connectivity index (χ1n) is 6.41. The van der Waals surface area contributed by atoms with E-state index in [0.717, 1.165) is 13.1 Å². The summed E-state index contributed by atoms with van der Waals surface area (Å²) in [7, 11) is 0. The highest BCUT2D eigenvalue weighted by atomic mass is 35.5. The van der Waals surface area contributed by atoms with Gasteiger partial charge in [0, 0.05) is 23.7 Å². The molecule has 1 aliphatic rings. The molecule has 0 aromatic heterocycles. The molecule has 0 aliphatic carbocycles. The van der Waals surface area contributed by atoms with Crippen LogP contribution in [0.4, 0.5) is 0 Å². The van der Waals surface area contributed by atoms with E-state index in [9.17, 15) is 4.79 Å². The summed E-state index contributed by atoms with van der Waals surface area (Å²) in [4.78, 5) is 14.5. The third kappa shape index (κ3) is 2.73. The molecule has 2 aromatic carbocycles. The summed E-state index contributed by atoms with van der Waals surface area (Å²) in [5.41, 5.74) is 3.07. The van der Waals surface area contributed by atoms with Crippen molar-refractivity contribution in [1.82, 2.24) is 4.90 Å². The molecule has 4 heteroatoms. The molecule has 0 bridgehead atoms. The molecule has 2 aromatic rings. The minimum atomic E-state index is 0.00491. The number of carbonyl (C=O) groups excluding carboxylic acids is 1. The summed E-state index contributed by atoms with van der Waals surface area (Å²) >= 11 is 12.0. The minimum Gasteiger partial charge on any atom is -0.293 e. The first-order chi connectivity index (χ1) is 9.63. The maximum atomic E-state index is 12.3. The molecule has 1 heterocycles. The summed E-state index contributed by atoms with van der Waals surface area (Å²) in [5, 5.41) is 0.985. The van der Waals surface area contributed by atoms with E-state index in [-0.39, 0.29) is 5.78 Å². The third-order valence-corrected chi connectivity index (χ3v) is 4.07. The highest BCUT2D eigenvalue weighted by molar-refractivity contribution is 6.36. The average molecular weight is 306 g/mol. The van der Waals surface area contributed by atoms with Crippen LogP contribution in [0, 0.1) is 0 Å². The zero-order valence-corrected chi connectivity index (χ0v) is 12.3. The van der Waals surface area contributed by atoms with Gasteiger partial charge in [-0.1, -0.05) is 47.5 Å². The molecule has 0 N–H and O–H groups in total. The number of hydrogen-bond donors (Lipinski definition) is 0. The zero-order valence-electron chi connectivity index (χ0n) is 10.8. The van der Waals surface area contributed by atoms with Crippen LogP contribution in [0.5, 0.6) is 0 Å². The van der Waals surface area contributed by atoms with Crippen LogP contribution in [0.3, 0.4) is 0 Å². The summed E-state index contributed by atoms with van der Waals surface area (Å²) in [6.07, 6.45) is 0. The fourth-order valence-corrected chi connectivity index (χ4v) is 2.91. The number of halogens is 2. The van der Waals surface area contributed by atoms with Gasteiger partial charge in [0.2, 0.25) is 0 Å². The molecule has 0 fully saturated rings. The Morgan fingerprint density at radius 2 is 1.70 bits per heavy atom. The molecule has 1 aliphatic heterocycles. The van der Waals surface area contributed by atoms with Gasteiger partial charge in [-0.05, 0) is 29.3 Å². The van der Waals surface area contributed by atoms with Crippen LogP contribution in [0.2, 0.25) is 10.0 Å². The lowest BCUT2D eigenvalue weighted by molar-refractivity contribution is 0.0930. The van der Waals surface area contributed by atoms with Gasteiger partial charge in [-0.2, -0.15) is 0 Å². The molecule has 0 amide bonds. The monoisotopic (exact) mass is 305 g/mol. The molecule has 20 heavy (non-hydrogen) atoms. The van der Waals surface area contributed by atoms with Crippen molar-refractivity contribution in [3.05, 3.63) is 69.2 Å². The zero-order chi connectivity index (χ0) is 14.1. The van der Waals surface area contributed by atoms with Gasteiger partial charge in [0.25, 0.3) is 0 Å². The number of Topliss-reactive ketones (excluding diaryl/α,β-unsaturated/α-hetero) is 1. The smallest absolute Gasteiger partial charge is 0.178 e. The number of nitrogens with zero attached hydrogens (tertiary/aromatic N) is 1. The second-order valence-electron chi connectivity index (χ2n) is 4.96. The predicted molar refractivity (Wildman–Crippen MR) is 81.3 cm³/mol. The topological polar surface area (TPSA) is 20.3 Å². The van der Waals surface area contributed by atoms with Gasteiger partial charge >= 0.3 is 0 Å². The van der Waals surface area contributed by atoms with Gasteiger partial charge in [0.1, 0.15) is 0 Å². The first-order valence-corrected chi connectivity index (χ1v) is 7.16. The van der Waals surface area contributed by atoms with E-state index in [1.807, 2.05) is 12.1 Å². The Morgan fingerprint density at radius 3 is 2.35 bits per heavy atom. The van der Waals surface area contributed by atoms with Crippen molar-refractivity contribution in [3.8, 4) is 0 Å². The van der Waals surface area contributed by atoms with Gasteiger partial charge in [-0.3, -0.25) is 9.69 Å². The maximum Gasteiger partial charge on any atom is 0.178 e. The molecule has 0 saturated heterocycles. The summed E-state index contributed by atoms with van der Waals surface area (Å²) < 4.78 is 0. The van der Waals surface area contributed by atoms with Gasteiger partial charge in [-0.15, -0.1) is 0 Å². The van der Waals surface area contributed by atoms with Crippen LogP contribution in [0.15, 0.2) is 42.5 Å². The molecule has 3 rings (SSSR count). The number of carbonyl (C=O) groups is 1. The third-order valence-electron chi connectivity index (χ3n) is 3.50. The fourth-order valence-electron chi connectivity index (χ4n) is 2.51. The van der Waals surface area contributed by atoms with Crippen molar-refractivity contribution >= 4 is 29.0 Å². The predicted octanol–water partition coefficient (Wildman–Crippen LogP) is 4.19. The molecule has 0 saturated carbocycles. The molecular formula is C16H13Cl2NO. The lowest BCUT2D eigenvalue weighted by Crippen LogP contribution is -2.25. The standard InChI is InChI=1S/C16H13Cl2NO/c17-13-5-6-15(18)14(7-13)16(20)10-19-8-11-3-1-2-4-12(11)9-19/h1-7H,8-10H2. The molecule has 0 radical (unpaired) electrons. The van der Waals surface area contributed by atoms with Gasteiger partial charge in [0.15, 0.2) is 5.78 Å². The van der Waals surface area contributed by atoms with Gasteiger partial charge in [0.05, 0.1) is 11.6 Å². The van der Waals surface area contributed by atoms with E-state index < -0.39 is 0 Å². The Morgan fingerprint density at radius 1 is 1.05 bits per heavy atom. The molecule has 102 valence electrons. The van der Waals surface area contributed by atoms with E-state index in [1.165, 1.54) is 11.1 Å². The molecule has 0 spiro atoms. The fraction of sp³-hybridized carbons (Fsp3) is 0.188. The van der Waals surface area contributed by atoms with Crippen molar-refractivity contribution in [2.45, 2.75) is 13.1 Å². The average Bonchev–Trinajstić information content (AvgIpc) is 2.83. The number of rotatable bonds is 3. The number of hydrogen-bond acceptors (Lipinski definition) is 2. The Labute approximate surface area is 127 Å². The van der Waals surface area contributed by atoms with Gasteiger partial charge in [-0.25, -0.2) is 0 Å². The largest absolute Gasteiger partial charge is 0.293 e. The van der Waals surface area contributed by atoms with Crippen LogP contribution in [0.25, 0.3) is 0 Å². The normalized spacial score (nSPS) is 14.3. The molecule has 0 atom stereocenters. The number of benzene rings is 2. The quantitative estimate of drug-likeness (QED) is 0.792. The van der Waals surface area contributed by atoms with Crippen molar-refractivity contribution in [2.75, 3.05) is 6.54 Å². The van der Waals surface area contributed by atoms with E-state index in [4.69, 9.17) is 23.2 Å². The number of ketones is 1. The summed E-state index contributed by atoms with van der Waals surface area (Å²) in [5.74, 6) is 0.00491. The summed E-state index contributed by atoms with van der Waals surface area (Å²) in [6, 6.07) is 13.2. The Balaban J connectivity index is 1.74. The van der Waals surface area contributed by atoms with E-state index >= 15 is 0 Å². The van der Waals surface area contributed by atoms with Crippen LogP contribution >= 0.6 is 23.2 Å². The second kappa shape index (κ2) is 5.57. The second-order valence-corrected chi connectivity index (χ2v) is 5.80. The SMILES string of the molecule is O=C(CN1Cc2ccccc2C1)c1cc(Cl)ccc1Cl. The van der Waals surface area contributed by atoms with Crippen LogP contribution < -0.4 is 0 Å². The lowest BCUT2D eigenvalue weighted by atomic mass is 10.1. The van der Waals surface area contributed by atoms with Crippen molar-refractivity contribution < 1.29 is 4.79 Å². The van der Waals surface area contributed by atoms with Gasteiger partial charge < -0.3 is 0 Å². The maximum absolute atomic E-state index is 12.3. The minimum absolute atomic E-state index is 0.00491.